The number of nitrogens with one attached hydrogen (secondary N) is 2. The first kappa shape index (κ1) is 17.2. The van der Waals surface area contributed by atoms with E-state index in [4.69, 9.17) is 0 Å². The molecule has 3 rings (SSSR count). The van der Waals surface area contributed by atoms with Crippen LogP contribution >= 0.6 is 11.3 Å². The number of piperidine rings is 1. The smallest absolute Gasteiger partial charge is 0.274 e. The Morgan fingerprint density at radius 2 is 2.17 bits per heavy atom. The van der Waals surface area contributed by atoms with E-state index in [-0.39, 0.29) is 17.9 Å². The minimum absolute atomic E-state index is 0.00192. The molecule has 1 aliphatic heterocycles. The second-order valence-electron chi connectivity index (χ2n) is 6.61. The number of carbonyl (C=O) groups excluding carboxylic acids is 2. The van der Waals surface area contributed by atoms with Gasteiger partial charge in [0.2, 0.25) is 5.91 Å². The van der Waals surface area contributed by atoms with Crippen LogP contribution in [0, 0.1) is 0 Å². The summed E-state index contributed by atoms with van der Waals surface area (Å²) < 4.78 is 0. The van der Waals surface area contributed by atoms with E-state index in [9.17, 15) is 9.59 Å². The number of hydrogen-bond donors (Lipinski definition) is 2. The fourth-order valence-electron chi connectivity index (χ4n) is 2.94. The molecule has 0 spiro atoms. The molecule has 2 amide bonds. The Morgan fingerprint density at radius 1 is 1.33 bits per heavy atom. The number of rotatable bonds is 7. The first-order valence-electron chi connectivity index (χ1n) is 8.99. The minimum Gasteiger partial charge on any atom is -0.362 e. The highest BCUT2D eigenvalue weighted by molar-refractivity contribution is 7.13. The average Bonchev–Trinajstić information content (AvgIpc) is 3.29. The Bertz CT molecular complexity index is 585. The monoisotopic (exact) mass is 350 g/mol. The number of nitrogens with zero attached hydrogens (tertiary/aromatic N) is 2. The van der Waals surface area contributed by atoms with Crippen LogP contribution in [0.15, 0.2) is 5.38 Å². The predicted octanol–water partition coefficient (Wildman–Crippen LogP) is 2.63. The van der Waals surface area contributed by atoms with Crippen molar-refractivity contribution in [1.29, 1.82) is 0 Å². The number of carbonyl (C=O) groups is 2. The highest BCUT2D eigenvalue weighted by atomic mass is 32.1. The summed E-state index contributed by atoms with van der Waals surface area (Å²) in [7, 11) is 0. The van der Waals surface area contributed by atoms with E-state index in [2.05, 4.69) is 22.5 Å². The van der Waals surface area contributed by atoms with Gasteiger partial charge < -0.3 is 15.5 Å². The number of aromatic nitrogens is 1. The van der Waals surface area contributed by atoms with E-state index in [1.54, 1.807) is 10.3 Å². The molecule has 2 heterocycles. The van der Waals surface area contributed by atoms with Crippen molar-refractivity contribution in [2.24, 2.45) is 0 Å². The Morgan fingerprint density at radius 3 is 2.92 bits per heavy atom. The van der Waals surface area contributed by atoms with E-state index in [0.717, 1.165) is 56.6 Å². The molecule has 7 heteroatoms. The van der Waals surface area contributed by atoms with Crippen LogP contribution in [-0.2, 0) is 4.79 Å². The largest absolute Gasteiger partial charge is 0.362 e. The first-order chi connectivity index (χ1) is 11.7. The van der Waals surface area contributed by atoms with Gasteiger partial charge in [0.15, 0.2) is 5.13 Å². The molecular formula is C17H26N4O2S. The number of hydrogen-bond acceptors (Lipinski definition) is 5. The summed E-state index contributed by atoms with van der Waals surface area (Å²) in [5, 5.41) is 8.86. The van der Waals surface area contributed by atoms with Gasteiger partial charge in [-0.1, -0.05) is 13.3 Å². The van der Waals surface area contributed by atoms with E-state index in [1.165, 1.54) is 11.3 Å². The maximum absolute atomic E-state index is 12.8. The Labute approximate surface area is 147 Å². The van der Waals surface area contributed by atoms with Crippen molar-refractivity contribution >= 4 is 28.3 Å². The van der Waals surface area contributed by atoms with E-state index >= 15 is 0 Å². The van der Waals surface area contributed by atoms with Gasteiger partial charge in [0.25, 0.3) is 5.91 Å². The molecule has 0 bridgehead atoms. The van der Waals surface area contributed by atoms with Crippen LogP contribution in [0.1, 0.15) is 62.4 Å². The standard InChI is InChI=1S/C17H26N4O2S/c1-2-3-9-18-17-20-13(11-24-17)16(23)21-10-5-4-6-14(21)15(22)19-12-7-8-12/h11-12,14H,2-10H2,1H3,(H,18,20)(H,19,22). The molecule has 2 aliphatic rings. The van der Waals surface area contributed by atoms with Crippen LogP contribution in [-0.4, -0.2) is 46.9 Å². The summed E-state index contributed by atoms with van der Waals surface area (Å²) in [5.74, 6) is -0.118. The second kappa shape index (κ2) is 7.96. The zero-order chi connectivity index (χ0) is 16.9. The fraction of sp³-hybridized carbons (Fsp3) is 0.706. The number of anilines is 1. The number of amides is 2. The molecule has 1 aromatic rings. The quantitative estimate of drug-likeness (QED) is 0.742. The molecule has 0 aromatic carbocycles. The summed E-state index contributed by atoms with van der Waals surface area (Å²) in [6, 6.07) is -0.0185. The van der Waals surface area contributed by atoms with Gasteiger partial charge in [-0.05, 0) is 38.5 Å². The van der Waals surface area contributed by atoms with Crippen molar-refractivity contribution in [3.8, 4) is 0 Å². The van der Waals surface area contributed by atoms with Crippen molar-refractivity contribution < 1.29 is 9.59 Å². The van der Waals surface area contributed by atoms with Gasteiger partial charge in [0.1, 0.15) is 11.7 Å². The molecule has 1 aliphatic carbocycles. The maximum atomic E-state index is 12.8. The molecule has 6 nitrogen and oxygen atoms in total. The molecule has 1 aromatic heterocycles. The maximum Gasteiger partial charge on any atom is 0.274 e. The molecule has 1 saturated carbocycles. The topological polar surface area (TPSA) is 74.3 Å². The molecule has 2 fully saturated rings. The highest BCUT2D eigenvalue weighted by Gasteiger charge is 2.35. The number of likely N-dealkylation sites (tertiary alicyclic amines) is 1. The van der Waals surface area contributed by atoms with Crippen LogP contribution in [0.2, 0.25) is 0 Å². The van der Waals surface area contributed by atoms with Gasteiger partial charge in [0.05, 0.1) is 0 Å². The summed E-state index contributed by atoms with van der Waals surface area (Å²) >= 11 is 1.45. The highest BCUT2D eigenvalue weighted by Crippen LogP contribution is 2.24. The lowest BCUT2D eigenvalue weighted by Gasteiger charge is -2.34. The summed E-state index contributed by atoms with van der Waals surface area (Å²) in [6.07, 6.45) is 7.01. The predicted molar refractivity (Wildman–Crippen MR) is 95.4 cm³/mol. The average molecular weight is 350 g/mol. The third-order valence-corrected chi connectivity index (χ3v) is 5.32. The normalized spacial score (nSPS) is 20.7. The first-order valence-corrected chi connectivity index (χ1v) is 9.87. The van der Waals surface area contributed by atoms with Gasteiger partial charge in [-0.2, -0.15) is 0 Å². The zero-order valence-corrected chi connectivity index (χ0v) is 15.0. The lowest BCUT2D eigenvalue weighted by Crippen LogP contribution is -2.52. The molecule has 1 unspecified atom stereocenters. The fourth-order valence-corrected chi connectivity index (χ4v) is 3.66. The SMILES string of the molecule is CCCCNc1nc(C(=O)N2CCCCC2C(=O)NC2CC2)cs1. The Kier molecular flexibility index (Phi) is 5.71. The van der Waals surface area contributed by atoms with E-state index < -0.39 is 0 Å². The van der Waals surface area contributed by atoms with Crippen molar-refractivity contribution in [2.45, 2.75) is 64.0 Å². The van der Waals surface area contributed by atoms with Crippen molar-refractivity contribution in [3.05, 3.63) is 11.1 Å². The molecule has 0 radical (unpaired) electrons. The van der Waals surface area contributed by atoms with Crippen LogP contribution in [0.3, 0.4) is 0 Å². The van der Waals surface area contributed by atoms with Gasteiger partial charge in [0, 0.05) is 24.5 Å². The van der Waals surface area contributed by atoms with E-state index in [1.807, 2.05) is 0 Å². The van der Waals surface area contributed by atoms with Crippen LogP contribution in [0.4, 0.5) is 5.13 Å². The van der Waals surface area contributed by atoms with Gasteiger partial charge in [-0.15, -0.1) is 11.3 Å². The minimum atomic E-state index is -0.343. The Balaban J connectivity index is 1.63. The van der Waals surface area contributed by atoms with E-state index in [0.29, 0.717) is 18.3 Å². The molecule has 1 saturated heterocycles. The van der Waals surface area contributed by atoms with Crippen molar-refractivity contribution in [2.75, 3.05) is 18.4 Å². The van der Waals surface area contributed by atoms with Gasteiger partial charge in [-0.3, -0.25) is 9.59 Å². The molecular weight excluding hydrogens is 324 g/mol. The molecule has 132 valence electrons. The summed E-state index contributed by atoms with van der Waals surface area (Å²) in [6.45, 7) is 3.65. The number of thiazole rings is 1. The lowest BCUT2D eigenvalue weighted by molar-refractivity contribution is -0.126. The van der Waals surface area contributed by atoms with Gasteiger partial charge in [-0.25, -0.2) is 4.98 Å². The van der Waals surface area contributed by atoms with Crippen LogP contribution in [0.25, 0.3) is 0 Å². The summed E-state index contributed by atoms with van der Waals surface area (Å²) in [4.78, 5) is 31.4. The van der Waals surface area contributed by atoms with Crippen LogP contribution < -0.4 is 10.6 Å². The van der Waals surface area contributed by atoms with Crippen molar-refractivity contribution in [3.63, 3.8) is 0 Å². The molecule has 24 heavy (non-hydrogen) atoms. The van der Waals surface area contributed by atoms with Crippen LogP contribution in [0.5, 0.6) is 0 Å². The molecule has 1 atom stereocenters. The zero-order valence-electron chi connectivity index (χ0n) is 14.2. The molecule has 2 N–H and O–H groups in total. The summed E-state index contributed by atoms with van der Waals surface area (Å²) in [5.41, 5.74) is 0.449. The lowest BCUT2D eigenvalue weighted by atomic mass is 10.0. The van der Waals surface area contributed by atoms with Crippen molar-refractivity contribution in [1.82, 2.24) is 15.2 Å². The number of unbranched alkanes of at least 4 members (excludes halogenated alkanes) is 1. The third kappa shape index (κ3) is 4.26. The van der Waals surface area contributed by atoms with Gasteiger partial charge >= 0.3 is 0 Å². The Hall–Kier alpha value is -1.63. The second-order valence-corrected chi connectivity index (χ2v) is 7.47. The third-order valence-electron chi connectivity index (χ3n) is 4.52.